The van der Waals surface area contributed by atoms with Gasteiger partial charge in [0.05, 0.1) is 12.2 Å². The second-order valence-corrected chi connectivity index (χ2v) is 13.4. The van der Waals surface area contributed by atoms with Gasteiger partial charge in [-0.2, -0.15) is 0 Å². The molecule has 4 N–H and O–H groups in total. The van der Waals surface area contributed by atoms with E-state index in [1.54, 1.807) is 0 Å². The molecule has 8 nitrogen and oxygen atoms in total. The summed E-state index contributed by atoms with van der Waals surface area (Å²) in [6, 6.07) is 0. The largest absolute Gasteiger partial charge is 0.480 e. The fourth-order valence-electron chi connectivity index (χ4n) is 9.67. The maximum absolute atomic E-state index is 12.5. The van der Waals surface area contributed by atoms with E-state index in [1.807, 2.05) is 0 Å². The standard InChI is InChI=1S/C29H47NO7/c1-17(5-4-6-24(33)30(15-25(34)35)16-26(36)37)20-7-8-21-27-22(10-12-29(20,21)3)28(2)11-9-19(31)13-18(28)14-23(27)32/h17-23,27,31-32H,4-16H2,1-3H3,(H,34,35)(H,36,37)/t17-,18+,19-,20-,21+,22+,23+,27+,28+,29-/m1/s1. The maximum Gasteiger partial charge on any atom is 0.323 e. The summed E-state index contributed by atoms with van der Waals surface area (Å²) >= 11 is 0. The maximum atomic E-state index is 12.5. The van der Waals surface area contributed by atoms with E-state index in [0.29, 0.717) is 41.9 Å². The van der Waals surface area contributed by atoms with Gasteiger partial charge in [0.1, 0.15) is 13.1 Å². The molecule has 0 bridgehead atoms. The van der Waals surface area contributed by atoms with Gasteiger partial charge in [-0.1, -0.05) is 20.8 Å². The van der Waals surface area contributed by atoms with Crippen molar-refractivity contribution in [2.75, 3.05) is 13.1 Å². The molecule has 10 atom stereocenters. The molecule has 1 amide bonds. The molecule has 0 aromatic rings. The van der Waals surface area contributed by atoms with Crippen molar-refractivity contribution in [1.29, 1.82) is 0 Å². The SMILES string of the molecule is C[C@H](CCCC(=O)N(CC(=O)O)CC(=O)O)[C@H]1CC[C@H]2[C@@H]3[C@@H](O)C[C@@H]4C[C@H](O)CC[C@]4(C)[C@H]3CC[C@]12C. The van der Waals surface area contributed by atoms with Crippen LogP contribution in [0.5, 0.6) is 0 Å². The van der Waals surface area contributed by atoms with Crippen LogP contribution in [0.3, 0.4) is 0 Å². The summed E-state index contributed by atoms with van der Waals surface area (Å²) in [4.78, 5) is 35.5. The number of hydrogen-bond donors (Lipinski definition) is 4. The van der Waals surface area contributed by atoms with E-state index in [9.17, 15) is 24.6 Å². The van der Waals surface area contributed by atoms with E-state index in [0.717, 1.165) is 62.7 Å². The Morgan fingerprint density at radius 3 is 2.16 bits per heavy atom. The van der Waals surface area contributed by atoms with Gasteiger partial charge in [-0.25, -0.2) is 0 Å². The molecule has 4 saturated carbocycles. The van der Waals surface area contributed by atoms with Crippen LogP contribution in [0.1, 0.15) is 91.4 Å². The number of fused-ring (bicyclic) bond motifs is 5. The number of carboxylic acid groups (broad SMARTS) is 2. The van der Waals surface area contributed by atoms with Gasteiger partial charge in [-0.15, -0.1) is 0 Å². The predicted octanol–water partition coefficient (Wildman–Crippen LogP) is 3.78. The Morgan fingerprint density at radius 1 is 0.892 bits per heavy atom. The molecule has 0 saturated heterocycles. The van der Waals surface area contributed by atoms with Crippen molar-refractivity contribution in [1.82, 2.24) is 4.90 Å². The Morgan fingerprint density at radius 2 is 1.51 bits per heavy atom. The van der Waals surface area contributed by atoms with Crippen molar-refractivity contribution in [3.63, 3.8) is 0 Å². The van der Waals surface area contributed by atoms with E-state index in [2.05, 4.69) is 20.8 Å². The summed E-state index contributed by atoms with van der Waals surface area (Å²) in [6.07, 6.45) is 9.25. The van der Waals surface area contributed by atoms with Gasteiger partial charge in [0.25, 0.3) is 0 Å². The van der Waals surface area contributed by atoms with Gasteiger partial charge in [0.2, 0.25) is 5.91 Å². The van der Waals surface area contributed by atoms with Gasteiger partial charge in [-0.3, -0.25) is 14.4 Å². The molecule has 4 aliphatic carbocycles. The lowest BCUT2D eigenvalue weighted by Crippen LogP contribution is -2.58. The Balaban J connectivity index is 1.38. The summed E-state index contributed by atoms with van der Waals surface area (Å²) in [5.74, 6) is -0.152. The molecular weight excluding hydrogens is 474 g/mol. The zero-order chi connectivity index (χ0) is 27.1. The first-order valence-corrected chi connectivity index (χ1v) is 14.4. The zero-order valence-electron chi connectivity index (χ0n) is 22.8. The van der Waals surface area contributed by atoms with Crippen molar-refractivity contribution in [3.05, 3.63) is 0 Å². The number of carbonyl (C=O) groups excluding carboxylic acids is 1. The average molecular weight is 522 g/mol. The number of hydrogen-bond acceptors (Lipinski definition) is 5. The monoisotopic (exact) mass is 521 g/mol. The van der Waals surface area contributed by atoms with Crippen molar-refractivity contribution >= 4 is 17.8 Å². The first-order valence-electron chi connectivity index (χ1n) is 14.4. The second kappa shape index (κ2) is 10.8. The summed E-state index contributed by atoms with van der Waals surface area (Å²) in [5, 5.41) is 39.7. The van der Waals surface area contributed by atoms with Crippen LogP contribution < -0.4 is 0 Å². The number of aliphatic hydroxyl groups excluding tert-OH is 2. The van der Waals surface area contributed by atoms with Gasteiger partial charge in [0.15, 0.2) is 0 Å². The number of carbonyl (C=O) groups is 3. The second-order valence-electron chi connectivity index (χ2n) is 13.4. The van der Waals surface area contributed by atoms with Crippen LogP contribution in [-0.4, -0.2) is 68.5 Å². The van der Waals surface area contributed by atoms with E-state index >= 15 is 0 Å². The summed E-state index contributed by atoms with van der Waals surface area (Å²) in [6.45, 7) is 5.94. The minimum atomic E-state index is -1.21. The van der Waals surface area contributed by atoms with Crippen LogP contribution in [0.15, 0.2) is 0 Å². The Labute approximate surface area is 220 Å². The van der Waals surface area contributed by atoms with E-state index in [4.69, 9.17) is 10.2 Å². The van der Waals surface area contributed by atoms with Crippen LogP contribution in [0.25, 0.3) is 0 Å². The Bertz CT molecular complexity index is 862. The predicted molar refractivity (Wildman–Crippen MR) is 137 cm³/mol. The van der Waals surface area contributed by atoms with Gasteiger partial charge in [-0.05, 0) is 111 Å². The van der Waals surface area contributed by atoms with Crippen LogP contribution in [0, 0.1) is 46.3 Å². The molecule has 0 aromatic carbocycles. The fourth-order valence-corrected chi connectivity index (χ4v) is 9.67. The number of rotatable bonds is 9. The molecule has 0 spiro atoms. The average Bonchev–Trinajstić information content (AvgIpc) is 3.16. The highest BCUT2D eigenvalue weighted by atomic mass is 16.4. The molecule has 0 heterocycles. The van der Waals surface area contributed by atoms with Crippen LogP contribution in [0.4, 0.5) is 0 Å². The number of aliphatic hydroxyl groups is 2. The molecule has 4 rings (SSSR count). The fraction of sp³-hybridized carbons (Fsp3) is 0.897. The molecule has 0 unspecified atom stereocenters. The van der Waals surface area contributed by atoms with Crippen molar-refractivity contribution in [3.8, 4) is 0 Å². The van der Waals surface area contributed by atoms with Crippen molar-refractivity contribution in [2.45, 2.75) is 104 Å². The molecule has 4 aliphatic rings. The summed E-state index contributed by atoms with van der Waals surface area (Å²) < 4.78 is 0. The third-order valence-corrected chi connectivity index (χ3v) is 11.5. The molecule has 37 heavy (non-hydrogen) atoms. The van der Waals surface area contributed by atoms with Gasteiger partial charge in [0, 0.05) is 6.42 Å². The molecule has 4 fully saturated rings. The number of amides is 1. The highest BCUT2D eigenvalue weighted by Crippen LogP contribution is 2.68. The Hall–Kier alpha value is -1.67. The highest BCUT2D eigenvalue weighted by Gasteiger charge is 2.62. The molecule has 0 radical (unpaired) electrons. The van der Waals surface area contributed by atoms with Crippen molar-refractivity contribution in [2.24, 2.45) is 46.3 Å². The first kappa shape index (κ1) is 28.3. The third-order valence-electron chi connectivity index (χ3n) is 11.5. The third kappa shape index (κ3) is 5.42. The van der Waals surface area contributed by atoms with Gasteiger partial charge < -0.3 is 25.3 Å². The first-order chi connectivity index (χ1) is 17.4. The van der Waals surface area contributed by atoms with Crippen LogP contribution in [0.2, 0.25) is 0 Å². The minimum Gasteiger partial charge on any atom is -0.480 e. The smallest absolute Gasteiger partial charge is 0.323 e. The van der Waals surface area contributed by atoms with Crippen LogP contribution >= 0.6 is 0 Å². The minimum absolute atomic E-state index is 0.159. The molecule has 0 aromatic heterocycles. The lowest BCUT2D eigenvalue weighted by molar-refractivity contribution is -0.174. The topological polar surface area (TPSA) is 135 Å². The van der Waals surface area contributed by atoms with Gasteiger partial charge >= 0.3 is 11.9 Å². The Kier molecular flexibility index (Phi) is 8.30. The molecular formula is C29H47NO7. The van der Waals surface area contributed by atoms with Crippen molar-refractivity contribution < 1.29 is 34.8 Å². The number of nitrogens with zero attached hydrogens (tertiary/aromatic N) is 1. The molecule has 0 aliphatic heterocycles. The lowest BCUT2D eigenvalue weighted by Gasteiger charge is -2.62. The lowest BCUT2D eigenvalue weighted by atomic mass is 9.43. The zero-order valence-corrected chi connectivity index (χ0v) is 22.8. The number of aliphatic carboxylic acids is 2. The normalized spacial score (nSPS) is 41.7. The summed E-state index contributed by atoms with van der Waals surface area (Å²) in [7, 11) is 0. The van der Waals surface area contributed by atoms with Crippen LogP contribution in [-0.2, 0) is 14.4 Å². The van der Waals surface area contributed by atoms with E-state index in [1.165, 1.54) is 0 Å². The molecule has 8 heteroatoms. The number of carboxylic acids is 2. The van der Waals surface area contributed by atoms with E-state index < -0.39 is 30.9 Å². The quantitative estimate of drug-likeness (QED) is 0.363. The highest BCUT2D eigenvalue weighted by molar-refractivity contribution is 5.85. The van der Waals surface area contributed by atoms with E-state index in [-0.39, 0.29) is 29.5 Å². The summed E-state index contributed by atoms with van der Waals surface area (Å²) in [5.41, 5.74) is 0.383. The molecule has 210 valence electrons.